The van der Waals surface area contributed by atoms with Crippen LogP contribution in [0.25, 0.3) is 16.5 Å². The molecule has 1 N–H and O–H groups in total. The smallest absolute Gasteiger partial charge is 0.230 e. The van der Waals surface area contributed by atoms with Crippen molar-refractivity contribution >= 4 is 34.8 Å². The first-order valence-corrected chi connectivity index (χ1v) is 9.92. The van der Waals surface area contributed by atoms with Gasteiger partial charge in [0.05, 0.1) is 12.5 Å². The Labute approximate surface area is 173 Å². The largest absolute Gasteiger partial charge is 0.343 e. The summed E-state index contributed by atoms with van der Waals surface area (Å²) in [6.45, 7) is 8.94. The average Bonchev–Trinajstić information content (AvgIpc) is 3.06. The molecule has 0 spiro atoms. The van der Waals surface area contributed by atoms with Crippen LogP contribution < -0.4 is 5.32 Å². The predicted molar refractivity (Wildman–Crippen MR) is 118 cm³/mol. The Balaban J connectivity index is 0.00000225. The Morgan fingerprint density at radius 3 is 2.82 bits per heavy atom. The van der Waals surface area contributed by atoms with Crippen molar-refractivity contribution in [2.24, 2.45) is 5.92 Å². The molecule has 0 bridgehead atoms. The molecule has 4 nitrogen and oxygen atoms in total. The second kappa shape index (κ2) is 8.43. The van der Waals surface area contributed by atoms with Crippen molar-refractivity contribution in [3.8, 4) is 11.8 Å². The Kier molecular flexibility index (Phi) is 6.17. The van der Waals surface area contributed by atoms with E-state index in [9.17, 15) is 4.79 Å². The average molecular weight is 398 g/mol. The number of halogens is 1. The Hall–Kier alpha value is -2.22. The van der Waals surface area contributed by atoms with Crippen LogP contribution in [0.2, 0.25) is 0 Å². The molecule has 5 heteroatoms. The van der Waals surface area contributed by atoms with Crippen molar-refractivity contribution < 1.29 is 4.79 Å². The van der Waals surface area contributed by atoms with Crippen molar-refractivity contribution in [2.75, 3.05) is 19.6 Å². The first-order chi connectivity index (χ1) is 13.2. The number of carbonyl (C=O) groups is 1. The van der Waals surface area contributed by atoms with Gasteiger partial charge < -0.3 is 14.8 Å². The number of hydrogen-bond acceptors (Lipinski definition) is 2. The topological polar surface area (TPSA) is 37.3 Å². The summed E-state index contributed by atoms with van der Waals surface area (Å²) < 4.78 is 2.25. The maximum atomic E-state index is 12.9. The molecule has 1 aromatic heterocycles. The van der Waals surface area contributed by atoms with Gasteiger partial charge in [-0.1, -0.05) is 24.1 Å². The Morgan fingerprint density at radius 2 is 2.11 bits per heavy atom. The summed E-state index contributed by atoms with van der Waals surface area (Å²) in [5, 5.41) is 4.97. The molecule has 0 radical (unpaired) electrons. The van der Waals surface area contributed by atoms with E-state index in [4.69, 9.17) is 0 Å². The fraction of sp³-hybridized carbons (Fsp3) is 0.435. The Bertz CT molecular complexity index is 975. The number of benzene rings is 1. The zero-order valence-electron chi connectivity index (χ0n) is 16.8. The van der Waals surface area contributed by atoms with Crippen LogP contribution in [-0.2, 0) is 17.8 Å². The standard InChI is InChI=1S/C23H27N3O.ClH/c1-4-7-11-26-15-17-13-20-19(18-9-8-10-21(26)22(17)18)12-16(14-24-20)23(27)25(5-2)6-3;/h8-10,12,15-16,20,24H,5-6,11,13-14H2,1-3H3;1H/t16-,20-;/m1./s1. The molecule has 1 aliphatic carbocycles. The lowest BCUT2D eigenvalue weighted by Crippen LogP contribution is -2.46. The van der Waals surface area contributed by atoms with E-state index in [1.54, 1.807) is 0 Å². The van der Waals surface area contributed by atoms with E-state index < -0.39 is 0 Å². The highest BCUT2D eigenvalue weighted by Crippen LogP contribution is 2.39. The van der Waals surface area contributed by atoms with E-state index in [2.05, 4.69) is 52.2 Å². The first-order valence-electron chi connectivity index (χ1n) is 9.92. The van der Waals surface area contributed by atoms with Gasteiger partial charge in [-0.2, -0.15) is 0 Å². The zero-order chi connectivity index (χ0) is 19.0. The van der Waals surface area contributed by atoms with Crippen LogP contribution in [0, 0.1) is 17.8 Å². The van der Waals surface area contributed by atoms with Crippen molar-refractivity contribution in [2.45, 2.75) is 39.8 Å². The monoisotopic (exact) mass is 397 g/mol. The molecular weight excluding hydrogens is 370 g/mol. The van der Waals surface area contributed by atoms with Crippen molar-refractivity contribution in [1.29, 1.82) is 0 Å². The minimum absolute atomic E-state index is 0. The van der Waals surface area contributed by atoms with Crippen molar-refractivity contribution in [1.82, 2.24) is 14.8 Å². The van der Waals surface area contributed by atoms with E-state index in [0.29, 0.717) is 0 Å². The number of nitrogens with zero attached hydrogens (tertiary/aromatic N) is 2. The summed E-state index contributed by atoms with van der Waals surface area (Å²) in [4.78, 5) is 14.8. The molecule has 1 amide bonds. The van der Waals surface area contributed by atoms with Crippen LogP contribution in [0.5, 0.6) is 0 Å². The molecule has 4 rings (SSSR count). The molecule has 148 valence electrons. The van der Waals surface area contributed by atoms with Crippen LogP contribution in [0.15, 0.2) is 30.5 Å². The lowest BCUT2D eigenvalue weighted by atomic mass is 9.80. The molecule has 1 aliphatic heterocycles. The normalized spacial score (nSPS) is 19.8. The third kappa shape index (κ3) is 3.34. The van der Waals surface area contributed by atoms with Gasteiger partial charge in [0.1, 0.15) is 0 Å². The molecule has 2 aliphatic rings. The molecule has 1 aromatic carbocycles. The molecule has 2 aromatic rings. The van der Waals surface area contributed by atoms with Gasteiger partial charge in [0, 0.05) is 42.8 Å². The third-order valence-corrected chi connectivity index (χ3v) is 5.88. The molecular formula is C23H28ClN3O. The quantitative estimate of drug-likeness (QED) is 0.802. The number of rotatable bonds is 4. The first kappa shape index (κ1) is 20.5. The van der Waals surface area contributed by atoms with Gasteiger partial charge in [-0.25, -0.2) is 0 Å². The number of hydrogen-bond donors (Lipinski definition) is 1. The number of nitrogens with one attached hydrogen (secondary N) is 1. The molecule has 2 atom stereocenters. The lowest BCUT2D eigenvalue weighted by molar-refractivity contribution is -0.133. The highest BCUT2D eigenvalue weighted by atomic mass is 35.5. The van der Waals surface area contributed by atoms with E-state index in [-0.39, 0.29) is 30.3 Å². The molecule has 0 fully saturated rings. The molecule has 2 heterocycles. The van der Waals surface area contributed by atoms with E-state index in [1.807, 2.05) is 25.7 Å². The van der Waals surface area contributed by atoms with Gasteiger partial charge in [0.25, 0.3) is 0 Å². The van der Waals surface area contributed by atoms with Crippen LogP contribution >= 0.6 is 12.4 Å². The number of fused-ring (bicyclic) bond motifs is 2. The third-order valence-electron chi connectivity index (χ3n) is 5.88. The highest BCUT2D eigenvalue weighted by Gasteiger charge is 2.33. The highest BCUT2D eigenvalue weighted by molar-refractivity contribution is 5.99. The van der Waals surface area contributed by atoms with E-state index in [0.717, 1.165) is 32.6 Å². The van der Waals surface area contributed by atoms with Crippen molar-refractivity contribution in [3.63, 3.8) is 0 Å². The SMILES string of the molecule is CC#CCn1cc2c3c(cccc31)C1=C[C@@H](C(=O)N(CC)CC)CN[C@@H]1C2.Cl. The van der Waals surface area contributed by atoms with Crippen LogP contribution in [0.3, 0.4) is 0 Å². The fourth-order valence-corrected chi connectivity index (χ4v) is 4.51. The van der Waals surface area contributed by atoms with Gasteiger partial charge in [0.15, 0.2) is 0 Å². The summed E-state index contributed by atoms with van der Waals surface area (Å²) in [5.41, 5.74) is 5.17. The van der Waals surface area contributed by atoms with Crippen LogP contribution in [-0.4, -0.2) is 41.1 Å². The van der Waals surface area contributed by atoms with Gasteiger partial charge in [0.2, 0.25) is 5.91 Å². The van der Waals surface area contributed by atoms with Gasteiger partial charge in [-0.05, 0) is 50.0 Å². The number of aromatic nitrogens is 1. The molecule has 28 heavy (non-hydrogen) atoms. The number of amides is 1. The maximum Gasteiger partial charge on any atom is 0.230 e. The second-order valence-corrected chi connectivity index (χ2v) is 7.31. The lowest BCUT2D eigenvalue weighted by Gasteiger charge is -2.34. The zero-order valence-corrected chi connectivity index (χ0v) is 17.6. The number of carbonyl (C=O) groups excluding carboxylic acids is 1. The summed E-state index contributed by atoms with van der Waals surface area (Å²) in [6.07, 6.45) is 5.45. The summed E-state index contributed by atoms with van der Waals surface area (Å²) in [7, 11) is 0. The minimum Gasteiger partial charge on any atom is -0.343 e. The molecule has 0 saturated heterocycles. The van der Waals surface area contributed by atoms with Gasteiger partial charge >= 0.3 is 0 Å². The van der Waals surface area contributed by atoms with Crippen LogP contribution in [0.4, 0.5) is 0 Å². The summed E-state index contributed by atoms with van der Waals surface area (Å²) in [5.74, 6) is 6.31. The fourth-order valence-electron chi connectivity index (χ4n) is 4.51. The van der Waals surface area contributed by atoms with E-state index in [1.165, 1.54) is 27.6 Å². The predicted octanol–water partition coefficient (Wildman–Crippen LogP) is 3.48. The Morgan fingerprint density at radius 1 is 1.32 bits per heavy atom. The molecule has 0 saturated carbocycles. The second-order valence-electron chi connectivity index (χ2n) is 7.31. The van der Waals surface area contributed by atoms with Gasteiger partial charge in [-0.15, -0.1) is 18.3 Å². The maximum absolute atomic E-state index is 12.9. The van der Waals surface area contributed by atoms with Crippen LogP contribution in [0.1, 0.15) is 31.9 Å². The van der Waals surface area contributed by atoms with Gasteiger partial charge in [-0.3, -0.25) is 4.79 Å². The summed E-state index contributed by atoms with van der Waals surface area (Å²) in [6, 6.07) is 6.79. The minimum atomic E-state index is -0.0824. The molecule has 0 unspecified atom stereocenters. The van der Waals surface area contributed by atoms with Crippen molar-refractivity contribution in [3.05, 3.63) is 41.6 Å². The summed E-state index contributed by atoms with van der Waals surface area (Å²) >= 11 is 0. The van der Waals surface area contributed by atoms with E-state index >= 15 is 0 Å².